The third-order valence-electron chi connectivity index (χ3n) is 9.29. The molecule has 10 aromatic rings. The van der Waals surface area contributed by atoms with Gasteiger partial charge in [0.15, 0.2) is 17.5 Å². The first-order valence-electron chi connectivity index (χ1n) is 16.3. The minimum Gasteiger partial charge on any atom is -0.437 e. The average molecular weight is 627 g/mol. The fraction of sp³-hybridized carbons (Fsp3) is 0. The summed E-state index contributed by atoms with van der Waals surface area (Å²) < 4.78 is 6.72. The van der Waals surface area contributed by atoms with Crippen molar-refractivity contribution in [1.82, 2.24) is 19.9 Å². The van der Waals surface area contributed by atoms with Crippen molar-refractivity contribution >= 4 is 54.5 Å². The molecule has 0 saturated heterocycles. The molecular weight excluding hydrogens is 601 g/mol. The van der Waals surface area contributed by atoms with Crippen LogP contribution in [0.5, 0.6) is 0 Å². The minimum atomic E-state index is 0.572. The lowest BCUT2D eigenvalue weighted by atomic mass is 9.96. The molecule has 0 aliphatic carbocycles. The largest absolute Gasteiger partial charge is 0.437 e. The van der Waals surface area contributed by atoms with Crippen LogP contribution in [0.4, 0.5) is 0 Å². The van der Waals surface area contributed by atoms with Gasteiger partial charge >= 0.3 is 0 Å². The summed E-state index contributed by atoms with van der Waals surface area (Å²) in [5.41, 5.74) is 6.96. The van der Waals surface area contributed by atoms with E-state index in [1.807, 2.05) is 48.5 Å². The normalized spacial score (nSPS) is 11.7. The van der Waals surface area contributed by atoms with Crippen LogP contribution in [0.1, 0.15) is 0 Å². The molecule has 0 fully saturated rings. The smallest absolute Gasteiger partial charge is 0.227 e. The van der Waals surface area contributed by atoms with E-state index in [0.29, 0.717) is 23.2 Å². The van der Waals surface area contributed by atoms with E-state index in [0.717, 1.165) is 60.5 Å². The Morgan fingerprint density at radius 1 is 0.367 bits per heavy atom. The maximum Gasteiger partial charge on any atom is 0.227 e. The summed E-state index contributed by atoms with van der Waals surface area (Å²) in [4.78, 5) is 20.3. The second kappa shape index (κ2) is 10.9. The standard InChI is InChI=1S/C44H26N4O/c1-2-12-29(13-3-1)41-46-42(34-21-19-28-11-5-7-15-31(28)25-34)48-43(47-41)36-23-22-35(32-20-18-27-10-4-6-14-30(27)24-32)40-39(36)37-26-33-16-8-9-17-38(33)45-44(37)49-40/h1-26H. The van der Waals surface area contributed by atoms with Crippen molar-refractivity contribution in [2.45, 2.75) is 0 Å². The van der Waals surface area contributed by atoms with Crippen LogP contribution in [-0.4, -0.2) is 19.9 Å². The van der Waals surface area contributed by atoms with Crippen molar-refractivity contribution in [3.63, 3.8) is 0 Å². The first-order chi connectivity index (χ1) is 24.2. The Morgan fingerprint density at radius 2 is 0.939 bits per heavy atom. The SMILES string of the molecule is c1ccc(-c2nc(-c3ccc4ccccc4c3)nc(-c3ccc(-c4ccc5ccccc5c4)c4oc5nc6ccccc6cc5c34)n2)cc1. The van der Waals surface area contributed by atoms with Gasteiger partial charge in [0, 0.05) is 38.4 Å². The summed E-state index contributed by atoms with van der Waals surface area (Å²) in [5, 5.41) is 7.54. The van der Waals surface area contributed by atoms with Gasteiger partial charge in [0.05, 0.1) is 5.52 Å². The van der Waals surface area contributed by atoms with Crippen LogP contribution >= 0.6 is 0 Å². The van der Waals surface area contributed by atoms with E-state index in [1.54, 1.807) is 0 Å². The summed E-state index contributed by atoms with van der Waals surface area (Å²) in [5.74, 6) is 1.79. The lowest BCUT2D eigenvalue weighted by molar-refractivity contribution is 0.657. The zero-order valence-electron chi connectivity index (χ0n) is 26.2. The number of rotatable bonds is 4. The van der Waals surface area contributed by atoms with Crippen molar-refractivity contribution in [2.75, 3.05) is 0 Å². The van der Waals surface area contributed by atoms with E-state index in [4.69, 9.17) is 24.4 Å². The van der Waals surface area contributed by atoms with E-state index in [9.17, 15) is 0 Å². The highest BCUT2D eigenvalue weighted by Gasteiger charge is 2.22. The molecule has 0 radical (unpaired) electrons. The van der Waals surface area contributed by atoms with Gasteiger partial charge in [0.2, 0.25) is 5.71 Å². The van der Waals surface area contributed by atoms with Gasteiger partial charge < -0.3 is 4.42 Å². The Labute approximate surface area is 281 Å². The number of fused-ring (bicyclic) bond motifs is 6. The topological polar surface area (TPSA) is 64.7 Å². The van der Waals surface area contributed by atoms with Crippen molar-refractivity contribution in [3.8, 4) is 45.3 Å². The highest BCUT2D eigenvalue weighted by atomic mass is 16.3. The number of pyridine rings is 1. The van der Waals surface area contributed by atoms with Crippen molar-refractivity contribution in [2.24, 2.45) is 0 Å². The number of nitrogens with zero attached hydrogens (tertiary/aromatic N) is 4. The molecule has 49 heavy (non-hydrogen) atoms. The second-order valence-corrected chi connectivity index (χ2v) is 12.3. The predicted octanol–water partition coefficient (Wildman–Crippen LogP) is 11.3. The molecule has 0 aliphatic rings. The van der Waals surface area contributed by atoms with Gasteiger partial charge in [-0.15, -0.1) is 0 Å². The summed E-state index contributed by atoms with van der Waals surface area (Å²) in [7, 11) is 0. The first-order valence-corrected chi connectivity index (χ1v) is 16.3. The third-order valence-corrected chi connectivity index (χ3v) is 9.29. The maximum absolute atomic E-state index is 6.72. The minimum absolute atomic E-state index is 0.572. The molecule has 0 bridgehead atoms. The zero-order valence-corrected chi connectivity index (χ0v) is 26.2. The predicted molar refractivity (Wildman–Crippen MR) is 199 cm³/mol. The molecule has 0 N–H and O–H groups in total. The molecule has 0 atom stereocenters. The monoisotopic (exact) mass is 626 g/mol. The van der Waals surface area contributed by atoms with Gasteiger partial charge in [-0.05, 0) is 63.5 Å². The number of hydrogen-bond donors (Lipinski definition) is 0. The summed E-state index contributed by atoms with van der Waals surface area (Å²) in [6.07, 6.45) is 0. The van der Waals surface area contributed by atoms with Crippen LogP contribution < -0.4 is 0 Å². The Bertz CT molecular complexity index is 2890. The van der Waals surface area contributed by atoms with Gasteiger partial charge in [-0.25, -0.2) is 19.9 Å². The zero-order chi connectivity index (χ0) is 32.3. The van der Waals surface area contributed by atoms with E-state index in [2.05, 4.69) is 109 Å². The Balaban J connectivity index is 1.27. The summed E-state index contributed by atoms with van der Waals surface area (Å²) >= 11 is 0. The van der Waals surface area contributed by atoms with Crippen LogP contribution in [0.2, 0.25) is 0 Å². The molecule has 228 valence electrons. The molecule has 0 unspecified atom stereocenters. The first kappa shape index (κ1) is 27.4. The molecule has 0 spiro atoms. The summed E-state index contributed by atoms with van der Waals surface area (Å²) in [6.45, 7) is 0. The fourth-order valence-electron chi connectivity index (χ4n) is 6.85. The van der Waals surface area contributed by atoms with E-state index < -0.39 is 0 Å². The lowest BCUT2D eigenvalue weighted by Gasteiger charge is -2.11. The van der Waals surface area contributed by atoms with Crippen molar-refractivity contribution in [1.29, 1.82) is 0 Å². The van der Waals surface area contributed by atoms with Crippen LogP contribution in [0.25, 0.3) is 99.8 Å². The highest BCUT2D eigenvalue weighted by Crippen LogP contribution is 2.42. The molecule has 10 rings (SSSR count). The van der Waals surface area contributed by atoms with Gasteiger partial charge in [0.1, 0.15) is 5.58 Å². The lowest BCUT2D eigenvalue weighted by Crippen LogP contribution is -2.00. The Hall–Kier alpha value is -6.72. The fourth-order valence-corrected chi connectivity index (χ4v) is 6.85. The summed E-state index contributed by atoms with van der Waals surface area (Å²) in [6, 6.07) is 54.2. The highest BCUT2D eigenvalue weighted by molar-refractivity contribution is 6.17. The molecular formula is C44H26N4O. The quantitative estimate of drug-likeness (QED) is 0.194. The van der Waals surface area contributed by atoms with E-state index in [-0.39, 0.29) is 0 Å². The van der Waals surface area contributed by atoms with Crippen LogP contribution in [0.15, 0.2) is 162 Å². The molecule has 3 aromatic heterocycles. The third kappa shape index (κ3) is 4.63. The molecule has 5 heteroatoms. The van der Waals surface area contributed by atoms with Crippen molar-refractivity contribution < 1.29 is 4.42 Å². The Kier molecular flexibility index (Phi) is 6.11. The molecule has 7 aromatic carbocycles. The molecule has 3 heterocycles. The molecule has 0 aliphatic heterocycles. The second-order valence-electron chi connectivity index (χ2n) is 12.3. The molecule has 5 nitrogen and oxygen atoms in total. The van der Waals surface area contributed by atoms with Crippen LogP contribution in [0, 0.1) is 0 Å². The number of aromatic nitrogens is 4. The van der Waals surface area contributed by atoms with E-state index >= 15 is 0 Å². The van der Waals surface area contributed by atoms with Gasteiger partial charge in [-0.3, -0.25) is 0 Å². The molecule has 0 saturated carbocycles. The number of hydrogen-bond acceptors (Lipinski definition) is 5. The Morgan fingerprint density at radius 3 is 1.69 bits per heavy atom. The maximum atomic E-state index is 6.72. The number of furan rings is 1. The van der Waals surface area contributed by atoms with Gasteiger partial charge in [-0.1, -0.05) is 121 Å². The number of benzene rings is 7. The van der Waals surface area contributed by atoms with Crippen LogP contribution in [-0.2, 0) is 0 Å². The van der Waals surface area contributed by atoms with Gasteiger partial charge in [0.25, 0.3) is 0 Å². The van der Waals surface area contributed by atoms with Crippen LogP contribution in [0.3, 0.4) is 0 Å². The van der Waals surface area contributed by atoms with Crippen molar-refractivity contribution in [3.05, 3.63) is 158 Å². The molecule has 0 amide bonds. The average Bonchev–Trinajstić information content (AvgIpc) is 3.54. The number of para-hydroxylation sites is 1. The van der Waals surface area contributed by atoms with Gasteiger partial charge in [-0.2, -0.15) is 0 Å². The van der Waals surface area contributed by atoms with E-state index in [1.165, 1.54) is 16.2 Å².